The topological polar surface area (TPSA) is 50.4 Å². The van der Waals surface area contributed by atoms with Crippen molar-refractivity contribution >= 4 is 18.3 Å². The van der Waals surface area contributed by atoms with E-state index in [1.807, 2.05) is 0 Å². The van der Waals surface area contributed by atoms with Gasteiger partial charge in [0.15, 0.2) is 0 Å². The summed E-state index contributed by atoms with van der Waals surface area (Å²) in [4.78, 5) is 11.6. The van der Waals surface area contributed by atoms with Crippen LogP contribution in [0.5, 0.6) is 0 Å². The summed E-state index contributed by atoms with van der Waals surface area (Å²) in [5, 5.41) is 6.33. The van der Waals surface area contributed by atoms with Crippen LogP contribution in [-0.2, 0) is 9.53 Å². The van der Waals surface area contributed by atoms with E-state index in [0.29, 0.717) is 12.5 Å². The van der Waals surface area contributed by atoms with E-state index < -0.39 is 0 Å². The summed E-state index contributed by atoms with van der Waals surface area (Å²) in [6, 6.07) is 0.260. The number of amides is 1. The molecule has 0 aliphatic carbocycles. The normalized spacial score (nSPS) is 23.2. The van der Waals surface area contributed by atoms with E-state index in [9.17, 15) is 4.79 Å². The van der Waals surface area contributed by atoms with Crippen molar-refractivity contribution in [2.24, 2.45) is 5.92 Å². The van der Waals surface area contributed by atoms with Gasteiger partial charge in [0, 0.05) is 19.2 Å². The van der Waals surface area contributed by atoms with Gasteiger partial charge in [-0.05, 0) is 25.3 Å². The van der Waals surface area contributed by atoms with Gasteiger partial charge in [0.05, 0.1) is 0 Å². The Labute approximate surface area is 117 Å². The first-order chi connectivity index (χ1) is 8.24. The number of nitrogens with one attached hydrogen (secondary N) is 2. The van der Waals surface area contributed by atoms with Gasteiger partial charge in [-0.2, -0.15) is 0 Å². The Morgan fingerprint density at radius 3 is 2.89 bits per heavy atom. The van der Waals surface area contributed by atoms with Crippen LogP contribution in [0.15, 0.2) is 0 Å². The highest BCUT2D eigenvalue weighted by Crippen LogP contribution is 2.10. The van der Waals surface area contributed by atoms with Crippen LogP contribution in [0.3, 0.4) is 0 Å². The fourth-order valence-corrected chi connectivity index (χ4v) is 2.05. The molecule has 0 bridgehead atoms. The average Bonchev–Trinajstić information content (AvgIpc) is 2.32. The van der Waals surface area contributed by atoms with Gasteiger partial charge in [0.25, 0.3) is 0 Å². The molecule has 1 fully saturated rings. The van der Waals surface area contributed by atoms with Crippen molar-refractivity contribution < 1.29 is 9.53 Å². The quantitative estimate of drug-likeness (QED) is 0.698. The molecule has 0 aromatic rings. The number of carbonyl (C=O) groups excluding carboxylic acids is 1. The van der Waals surface area contributed by atoms with Gasteiger partial charge in [-0.3, -0.25) is 4.79 Å². The lowest BCUT2D eigenvalue weighted by Gasteiger charge is -2.30. The van der Waals surface area contributed by atoms with Crippen molar-refractivity contribution in [2.45, 2.75) is 45.6 Å². The van der Waals surface area contributed by atoms with Gasteiger partial charge in [0.2, 0.25) is 5.91 Å². The maximum absolute atomic E-state index is 11.6. The summed E-state index contributed by atoms with van der Waals surface area (Å²) < 4.78 is 5.34. The van der Waals surface area contributed by atoms with Crippen LogP contribution in [-0.4, -0.2) is 38.3 Å². The van der Waals surface area contributed by atoms with Crippen LogP contribution in [0.4, 0.5) is 0 Å². The summed E-state index contributed by atoms with van der Waals surface area (Å²) in [6.07, 6.45) is 4.53. The standard InChI is InChI=1S/C13H26N2O2.ClH/c1-3-4-5-8-17-10-13(16)15-12-9-14-7-6-11(12)2;/h11-12,14H,3-10H2,1-2H3,(H,15,16);1H. The molecule has 2 N–H and O–H groups in total. The Morgan fingerprint density at radius 1 is 1.44 bits per heavy atom. The molecule has 1 amide bonds. The zero-order valence-electron chi connectivity index (χ0n) is 11.5. The second-order valence-corrected chi connectivity index (χ2v) is 4.90. The van der Waals surface area contributed by atoms with E-state index in [0.717, 1.165) is 25.9 Å². The molecule has 1 heterocycles. The molecule has 0 saturated carbocycles. The first-order valence-corrected chi connectivity index (χ1v) is 6.82. The van der Waals surface area contributed by atoms with Gasteiger partial charge in [-0.15, -0.1) is 12.4 Å². The third-order valence-corrected chi connectivity index (χ3v) is 3.30. The number of ether oxygens (including phenoxy) is 1. The van der Waals surface area contributed by atoms with Crippen LogP contribution in [0.25, 0.3) is 0 Å². The van der Waals surface area contributed by atoms with E-state index in [1.54, 1.807) is 0 Å². The van der Waals surface area contributed by atoms with E-state index >= 15 is 0 Å². The third-order valence-electron chi connectivity index (χ3n) is 3.30. The summed E-state index contributed by atoms with van der Waals surface area (Å²) in [6.45, 7) is 7.18. The van der Waals surface area contributed by atoms with Crippen LogP contribution in [0.1, 0.15) is 39.5 Å². The molecule has 0 spiro atoms. The first kappa shape index (κ1) is 17.7. The second-order valence-electron chi connectivity index (χ2n) is 4.90. The minimum atomic E-state index is 0. The molecule has 1 aliphatic rings. The predicted octanol–water partition coefficient (Wildman–Crippen LogP) is 1.73. The van der Waals surface area contributed by atoms with Crippen molar-refractivity contribution in [2.75, 3.05) is 26.3 Å². The number of piperidine rings is 1. The number of carbonyl (C=O) groups is 1. The fourth-order valence-electron chi connectivity index (χ4n) is 2.05. The minimum Gasteiger partial charge on any atom is -0.372 e. The van der Waals surface area contributed by atoms with E-state index in [-0.39, 0.29) is 31.0 Å². The molecule has 4 nitrogen and oxygen atoms in total. The zero-order chi connectivity index (χ0) is 12.5. The molecule has 2 unspecified atom stereocenters. The molecule has 2 atom stereocenters. The number of unbranched alkanes of at least 4 members (excludes halogenated alkanes) is 2. The smallest absolute Gasteiger partial charge is 0.246 e. The predicted molar refractivity (Wildman–Crippen MR) is 76.2 cm³/mol. The van der Waals surface area contributed by atoms with Crippen LogP contribution < -0.4 is 10.6 Å². The number of hydrogen-bond donors (Lipinski definition) is 2. The van der Waals surface area contributed by atoms with E-state index in [1.165, 1.54) is 12.8 Å². The third kappa shape index (κ3) is 7.19. The Bertz CT molecular complexity index is 227. The zero-order valence-corrected chi connectivity index (χ0v) is 12.4. The van der Waals surface area contributed by atoms with Gasteiger partial charge in [-0.1, -0.05) is 26.7 Å². The molecule has 0 aromatic heterocycles. The van der Waals surface area contributed by atoms with E-state index in [4.69, 9.17) is 4.74 Å². The highest BCUT2D eigenvalue weighted by atomic mass is 35.5. The van der Waals surface area contributed by atoms with Crippen molar-refractivity contribution in [3.8, 4) is 0 Å². The molecule has 1 rings (SSSR count). The van der Waals surface area contributed by atoms with Gasteiger partial charge < -0.3 is 15.4 Å². The summed E-state index contributed by atoms with van der Waals surface area (Å²) in [5.74, 6) is 0.572. The lowest BCUT2D eigenvalue weighted by atomic mass is 9.95. The largest absolute Gasteiger partial charge is 0.372 e. The lowest BCUT2D eigenvalue weighted by molar-refractivity contribution is -0.126. The SMILES string of the molecule is CCCCCOCC(=O)NC1CNCCC1C.Cl. The number of rotatable bonds is 7. The Hall–Kier alpha value is -0.320. The van der Waals surface area contributed by atoms with E-state index in [2.05, 4.69) is 24.5 Å². The van der Waals surface area contributed by atoms with Crippen molar-refractivity contribution in [3.05, 3.63) is 0 Å². The Morgan fingerprint density at radius 2 is 2.22 bits per heavy atom. The molecular weight excluding hydrogens is 252 g/mol. The van der Waals surface area contributed by atoms with Crippen LogP contribution in [0, 0.1) is 5.92 Å². The van der Waals surface area contributed by atoms with Gasteiger partial charge in [-0.25, -0.2) is 0 Å². The monoisotopic (exact) mass is 278 g/mol. The van der Waals surface area contributed by atoms with Crippen molar-refractivity contribution in [3.63, 3.8) is 0 Å². The average molecular weight is 279 g/mol. The summed E-state index contributed by atoms with van der Waals surface area (Å²) in [5.41, 5.74) is 0. The molecule has 1 aliphatic heterocycles. The highest BCUT2D eigenvalue weighted by Gasteiger charge is 2.22. The molecule has 5 heteroatoms. The van der Waals surface area contributed by atoms with Crippen molar-refractivity contribution in [1.82, 2.24) is 10.6 Å². The van der Waals surface area contributed by atoms with Crippen molar-refractivity contribution in [1.29, 1.82) is 0 Å². The van der Waals surface area contributed by atoms with Crippen LogP contribution >= 0.6 is 12.4 Å². The maximum Gasteiger partial charge on any atom is 0.246 e. The minimum absolute atomic E-state index is 0. The molecule has 18 heavy (non-hydrogen) atoms. The lowest BCUT2D eigenvalue weighted by Crippen LogP contribution is -2.51. The molecular formula is C13H27ClN2O2. The van der Waals surface area contributed by atoms with Gasteiger partial charge >= 0.3 is 0 Å². The van der Waals surface area contributed by atoms with Gasteiger partial charge in [0.1, 0.15) is 6.61 Å². The molecule has 0 radical (unpaired) electrons. The molecule has 0 aromatic carbocycles. The summed E-state index contributed by atoms with van der Waals surface area (Å²) in [7, 11) is 0. The second kappa shape index (κ2) is 10.6. The Kier molecular flexibility index (Phi) is 10.4. The number of halogens is 1. The highest BCUT2D eigenvalue weighted by molar-refractivity contribution is 5.85. The molecule has 108 valence electrons. The fraction of sp³-hybridized carbons (Fsp3) is 0.923. The Balaban J connectivity index is 0.00000289. The summed E-state index contributed by atoms with van der Waals surface area (Å²) >= 11 is 0. The molecule has 1 saturated heterocycles. The number of hydrogen-bond acceptors (Lipinski definition) is 3. The first-order valence-electron chi connectivity index (χ1n) is 6.82. The van der Waals surface area contributed by atoms with Crippen LogP contribution in [0.2, 0.25) is 0 Å². The maximum atomic E-state index is 11.6.